The molecular weight excluding hydrogens is 428 g/mol. The Bertz CT molecular complexity index is 1110. The quantitative estimate of drug-likeness (QED) is 0.464. The van der Waals surface area contributed by atoms with E-state index in [1.807, 2.05) is 24.3 Å². The molecule has 2 aromatic rings. The van der Waals surface area contributed by atoms with Crippen molar-refractivity contribution in [2.75, 3.05) is 10.6 Å². The number of nitrogens with one attached hydrogen (secondary N) is 2. The average molecular weight is 453 g/mol. The van der Waals surface area contributed by atoms with Gasteiger partial charge in [-0.25, -0.2) is 0 Å². The van der Waals surface area contributed by atoms with Crippen LogP contribution in [-0.4, -0.2) is 11.8 Å². The van der Waals surface area contributed by atoms with E-state index in [9.17, 15) is 9.59 Å². The molecule has 0 bridgehead atoms. The summed E-state index contributed by atoms with van der Waals surface area (Å²) in [6, 6.07) is 17.0. The van der Waals surface area contributed by atoms with Crippen LogP contribution in [-0.2, 0) is 9.59 Å². The van der Waals surface area contributed by atoms with Crippen LogP contribution in [0.1, 0.15) is 73.6 Å². The van der Waals surface area contributed by atoms with E-state index in [0.717, 1.165) is 38.5 Å². The van der Waals surface area contributed by atoms with Gasteiger partial charge in [-0.05, 0) is 49.2 Å². The first kappa shape index (κ1) is 25.6. The van der Waals surface area contributed by atoms with Crippen molar-refractivity contribution < 1.29 is 9.59 Å². The third-order valence-electron chi connectivity index (χ3n) is 5.15. The van der Waals surface area contributed by atoms with Crippen LogP contribution >= 0.6 is 0 Å². The Balaban J connectivity index is 1.57. The molecule has 0 spiro atoms. The van der Waals surface area contributed by atoms with Gasteiger partial charge in [-0.15, -0.1) is 0 Å². The number of hydrogen-bond acceptors (Lipinski definition) is 6. The van der Waals surface area contributed by atoms with Crippen molar-refractivity contribution in [3.63, 3.8) is 0 Å². The van der Waals surface area contributed by atoms with Gasteiger partial charge in [-0.3, -0.25) is 9.59 Å². The molecule has 34 heavy (non-hydrogen) atoms. The lowest BCUT2D eigenvalue weighted by molar-refractivity contribution is -0.117. The summed E-state index contributed by atoms with van der Waals surface area (Å²) < 4.78 is 0. The third kappa shape index (κ3) is 8.12. The van der Waals surface area contributed by atoms with Crippen molar-refractivity contribution >= 4 is 23.2 Å². The van der Waals surface area contributed by atoms with Crippen LogP contribution < -0.4 is 10.6 Å². The van der Waals surface area contributed by atoms with Gasteiger partial charge in [0, 0.05) is 24.2 Å². The second-order valence-electron chi connectivity index (χ2n) is 7.69. The highest BCUT2D eigenvalue weighted by molar-refractivity contribution is 5.91. The molecule has 0 saturated carbocycles. The van der Waals surface area contributed by atoms with Crippen molar-refractivity contribution in [2.24, 2.45) is 0 Å². The highest BCUT2D eigenvalue weighted by Crippen LogP contribution is 2.17. The zero-order chi connectivity index (χ0) is 24.8. The number of nitrogens with zero attached hydrogens (tertiary/aromatic N) is 4. The van der Waals surface area contributed by atoms with E-state index in [4.69, 9.17) is 21.0 Å². The molecule has 0 aromatic heterocycles. The van der Waals surface area contributed by atoms with Crippen LogP contribution in [0.5, 0.6) is 0 Å². The average Bonchev–Trinajstić information content (AvgIpc) is 2.85. The Morgan fingerprint density at radius 2 is 0.912 bits per heavy atom. The number of anilines is 2. The van der Waals surface area contributed by atoms with Crippen LogP contribution in [0.15, 0.2) is 36.4 Å². The smallest absolute Gasteiger partial charge is 0.224 e. The summed E-state index contributed by atoms with van der Waals surface area (Å²) >= 11 is 0. The molecule has 0 aliphatic rings. The Morgan fingerprint density at radius 1 is 0.559 bits per heavy atom. The van der Waals surface area contributed by atoms with E-state index in [-0.39, 0.29) is 34.1 Å². The fourth-order valence-electron chi connectivity index (χ4n) is 3.35. The van der Waals surface area contributed by atoms with Crippen LogP contribution in [0.25, 0.3) is 0 Å². The van der Waals surface area contributed by atoms with Gasteiger partial charge >= 0.3 is 0 Å². The molecule has 0 heterocycles. The minimum absolute atomic E-state index is 0.132. The van der Waals surface area contributed by atoms with Gasteiger partial charge in [-0.2, -0.15) is 21.0 Å². The molecule has 170 valence electrons. The predicted molar refractivity (Wildman–Crippen MR) is 126 cm³/mol. The summed E-state index contributed by atoms with van der Waals surface area (Å²) in [4.78, 5) is 24.1. The Kier molecular flexibility index (Phi) is 10.3. The molecule has 0 aliphatic heterocycles. The molecular formula is C26H24N6O2. The Labute approximate surface area is 199 Å². The second kappa shape index (κ2) is 13.7. The minimum atomic E-state index is -0.132. The first-order valence-electron chi connectivity index (χ1n) is 11.0. The molecule has 0 unspecified atom stereocenters. The lowest BCUT2D eigenvalue weighted by atomic mass is 10.1. The summed E-state index contributed by atoms with van der Waals surface area (Å²) in [6.45, 7) is 0. The molecule has 0 atom stereocenters. The summed E-state index contributed by atoms with van der Waals surface area (Å²) in [6.07, 6.45) is 5.97. The molecule has 8 heteroatoms. The van der Waals surface area contributed by atoms with Gasteiger partial charge in [0.05, 0.1) is 22.3 Å². The molecule has 2 aromatic carbocycles. The summed E-state index contributed by atoms with van der Waals surface area (Å²) in [7, 11) is 0. The second-order valence-corrected chi connectivity index (χ2v) is 7.69. The molecule has 8 nitrogen and oxygen atoms in total. The van der Waals surface area contributed by atoms with E-state index >= 15 is 0 Å². The highest BCUT2D eigenvalue weighted by Gasteiger charge is 2.08. The van der Waals surface area contributed by atoms with E-state index in [0.29, 0.717) is 24.2 Å². The van der Waals surface area contributed by atoms with Crippen LogP contribution in [0.4, 0.5) is 11.4 Å². The number of hydrogen-bond donors (Lipinski definition) is 2. The standard InChI is InChI=1S/C26H24N6O2/c27-15-19-9-11-23(13-21(19)17-29)31-25(33)7-5-3-1-2-4-6-8-26(34)32-24-12-10-20(16-28)22(14-24)18-30/h9-14H,1-8H2,(H,31,33)(H,32,34). The number of unbranched alkanes of at least 4 members (excludes halogenated alkanes) is 5. The van der Waals surface area contributed by atoms with Crippen molar-refractivity contribution in [1.82, 2.24) is 0 Å². The van der Waals surface area contributed by atoms with Gasteiger partial charge in [0.1, 0.15) is 24.3 Å². The summed E-state index contributed by atoms with van der Waals surface area (Å²) in [5, 5.41) is 41.5. The largest absolute Gasteiger partial charge is 0.326 e. The van der Waals surface area contributed by atoms with E-state index in [1.54, 1.807) is 12.1 Å². The fraction of sp³-hybridized carbons (Fsp3) is 0.308. The van der Waals surface area contributed by atoms with Gasteiger partial charge in [-0.1, -0.05) is 25.7 Å². The van der Waals surface area contributed by atoms with Crippen LogP contribution in [0, 0.1) is 45.3 Å². The number of carbonyl (C=O) groups excluding carboxylic acids is 2. The topological polar surface area (TPSA) is 153 Å². The maximum absolute atomic E-state index is 12.1. The Hall–Kier alpha value is -4.66. The lowest BCUT2D eigenvalue weighted by Gasteiger charge is -2.07. The van der Waals surface area contributed by atoms with Crippen molar-refractivity contribution in [1.29, 1.82) is 21.0 Å². The number of nitriles is 4. The normalized spacial score (nSPS) is 9.65. The van der Waals surface area contributed by atoms with Crippen molar-refractivity contribution in [3.8, 4) is 24.3 Å². The van der Waals surface area contributed by atoms with Gasteiger partial charge in [0.25, 0.3) is 0 Å². The van der Waals surface area contributed by atoms with Crippen LogP contribution in [0.2, 0.25) is 0 Å². The maximum atomic E-state index is 12.1. The lowest BCUT2D eigenvalue weighted by Crippen LogP contribution is -2.11. The highest BCUT2D eigenvalue weighted by atomic mass is 16.2. The molecule has 2 N–H and O–H groups in total. The molecule has 0 saturated heterocycles. The molecule has 0 radical (unpaired) electrons. The first-order chi connectivity index (χ1) is 16.5. The molecule has 2 amide bonds. The Morgan fingerprint density at radius 3 is 1.26 bits per heavy atom. The molecule has 2 rings (SSSR count). The first-order valence-corrected chi connectivity index (χ1v) is 11.0. The van der Waals surface area contributed by atoms with Gasteiger partial charge < -0.3 is 10.6 Å². The number of benzene rings is 2. The summed E-state index contributed by atoms with van der Waals surface area (Å²) in [5.41, 5.74) is 2.03. The number of rotatable bonds is 11. The van der Waals surface area contributed by atoms with E-state index in [1.165, 1.54) is 24.3 Å². The predicted octanol–water partition coefficient (Wildman–Crippen LogP) is 4.87. The van der Waals surface area contributed by atoms with Crippen molar-refractivity contribution in [3.05, 3.63) is 58.7 Å². The molecule has 0 fully saturated rings. The minimum Gasteiger partial charge on any atom is -0.326 e. The monoisotopic (exact) mass is 452 g/mol. The van der Waals surface area contributed by atoms with E-state index < -0.39 is 0 Å². The van der Waals surface area contributed by atoms with Crippen molar-refractivity contribution in [2.45, 2.75) is 51.4 Å². The van der Waals surface area contributed by atoms with E-state index in [2.05, 4.69) is 10.6 Å². The summed E-state index contributed by atoms with van der Waals surface area (Å²) in [5.74, 6) is -0.264. The maximum Gasteiger partial charge on any atom is 0.224 e. The molecule has 0 aliphatic carbocycles. The third-order valence-corrected chi connectivity index (χ3v) is 5.15. The van der Waals surface area contributed by atoms with Gasteiger partial charge in [0.15, 0.2) is 0 Å². The van der Waals surface area contributed by atoms with Crippen LogP contribution in [0.3, 0.4) is 0 Å². The zero-order valence-electron chi connectivity index (χ0n) is 18.7. The fourth-order valence-corrected chi connectivity index (χ4v) is 3.35. The number of carbonyl (C=O) groups is 2. The zero-order valence-corrected chi connectivity index (χ0v) is 18.7. The SMILES string of the molecule is N#Cc1ccc(NC(=O)CCCCCCCCC(=O)Nc2ccc(C#N)c(C#N)c2)cc1C#N. The number of amides is 2. The van der Waals surface area contributed by atoms with Gasteiger partial charge in [0.2, 0.25) is 11.8 Å².